The number of primary amides is 1. The quantitative estimate of drug-likeness (QED) is 0.158. The summed E-state index contributed by atoms with van der Waals surface area (Å²) in [5.74, 6) is -3.89. The summed E-state index contributed by atoms with van der Waals surface area (Å²) in [6, 6.07) is -4.18. The number of aromatic amines is 1. The third-order valence-corrected chi connectivity index (χ3v) is 5.63. The number of nitrogens with two attached hydrogens (primary N) is 2. The lowest BCUT2D eigenvalue weighted by molar-refractivity contribution is -0.143. The largest absolute Gasteiger partial charge is 0.480 e. The summed E-state index contributed by atoms with van der Waals surface area (Å²) in [7, 11) is 0. The Hall–Kier alpha value is -3.13. The van der Waals surface area contributed by atoms with Crippen molar-refractivity contribution in [2.24, 2.45) is 11.5 Å². The normalized spacial score (nSPS) is 18.2. The fraction of sp³-hybridized carbons (Fsp3) is 0.579. The SMILES string of the molecule is NC(=O)CCC(NC(=O)C(CS)NC(=O)C1CCCN1C(=O)C(N)Cc1cnc[nH]1)C(=O)O. The number of imidazole rings is 1. The topological polar surface area (TPSA) is 214 Å². The number of H-pyrrole nitrogens is 1. The van der Waals surface area contributed by atoms with Gasteiger partial charge in [0.25, 0.3) is 0 Å². The summed E-state index contributed by atoms with van der Waals surface area (Å²) in [6.45, 7) is 0.347. The molecule has 0 aliphatic carbocycles. The minimum atomic E-state index is -1.35. The van der Waals surface area contributed by atoms with Gasteiger partial charge >= 0.3 is 5.97 Å². The van der Waals surface area contributed by atoms with Crippen molar-refractivity contribution in [3.8, 4) is 0 Å². The van der Waals surface area contributed by atoms with Crippen LogP contribution in [0.2, 0.25) is 0 Å². The van der Waals surface area contributed by atoms with Crippen molar-refractivity contribution in [1.82, 2.24) is 25.5 Å². The minimum Gasteiger partial charge on any atom is -0.480 e. The molecule has 14 heteroatoms. The summed E-state index contributed by atoms with van der Waals surface area (Å²) in [4.78, 5) is 68.6. The van der Waals surface area contributed by atoms with Gasteiger partial charge in [0.05, 0.1) is 12.4 Å². The average Bonchev–Trinajstić information content (AvgIpc) is 3.45. The molecule has 0 spiro atoms. The second-order valence-corrected chi connectivity index (χ2v) is 8.09. The highest BCUT2D eigenvalue weighted by molar-refractivity contribution is 7.80. The molecule has 0 bridgehead atoms. The van der Waals surface area contributed by atoms with E-state index in [9.17, 15) is 29.1 Å². The Morgan fingerprint density at radius 1 is 1.27 bits per heavy atom. The van der Waals surface area contributed by atoms with Gasteiger partial charge in [-0.2, -0.15) is 12.6 Å². The maximum atomic E-state index is 12.9. The predicted octanol–water partition coefficient (Wildman–Crippen LogP) is -2.48. The molecule has 1 aromatic heterocycles. The van der Waals surface area contributed by atoms with Crippen LogP contribution in [0.15, 0.2) is 12.5 Å². The number of likely N-dealkylation sites (tertiary alicyclic amines) is 1. The number of carbonyl (C=O) groups is 5. The zero-order chi connectivity index (χ0) is 24.5. The Balaban J connectivity index is 1.98. The molecule has 1 aromatic rings. The highest BCUT2D eigenvalue weighted by atomic mass is 32.1. The number of nitrogens with zero attached hydrogens (tertiary/aromatic N) is 2. The van der Waals surface area contributed by atoms with Gasteiger partial charge < -0.3 is 37.1 Å². The van der Waals surface area contributed by atoms with Crippen LogP contribution in [0.4, 0.5) is 0 Å². The van der Waals surface area contributed by atoms with Gasteiger partial charge in [0.2, 0.25) is 23.6 Å². The van der Waals surface area contributed by atoms with Crippen molar-refractivity contribution >= 4 is 42.2 Å². The highest BCUT2D eigenvalue weighted by Gasteiger charge is 2.37. The van der Waals surface area contributed by atoms with E-state index in [1.54, 1.807) is 6.20 Å². The maximum absolute atomic E-state index is 12.9. The molecular formula is C19H29N7O6S. The number of amides is 4. The molecule has 0 radical (unpaired) electrons. The van der Waals surface area contributed by atoms with Crippen LogP contribution in [0, 0.1) is 0 Å². The minimum absolute atomic E-state index is 0.111. The number of carbonyl (C=O) groups excluding carboxylic acids is 4. The van der Waals surface area contributed by atoms with E-state index in [4.69, 9.17) is 11.5 Å². The Morgan fingerprint density at radius 2 is 2.00 bits per heavy atom. The fourth-order valence-corrected chi connectivity index (χ4v) is 3.77. The Bertz CT molecular complexity index is 865. The van der Waals surface area contributed by atoms with Crippen molar-refractivity contribution in [1.29, 1.82) is 0 Å². The molecule has 1 fully saturated rings. The highest BCUT2D eigenvalue weighted by Crippen LogP contribution is 2.19. The molecule has 33 heavy (non-hydrogen) atoms. The van der Waals surface area contributed by atoms with E-state index >= 15 is 0 Å². The predicted molar refractivity (Wildman–Crippen MR) is 119 cm³/mol. The zero-order valence-electron chi connectivity index (χ0n) is 17.9. The maximum Gasteiger partial charge on any atom is 0.326 e. The summed E-state index contributed by atoms with van der Waals surface area (Å²) in [5, 5.41) is 14.0. The first-order valence-electron chi connectivity index (χ1n) is 10.4. The molecule has 8 N–H and O–H groups in total. The van der Waals surface area contributed by atoms with Crippen molar-refractivity contribution in [2.75, 3.05) is 12.3 Å². The van der Waals surface area contributed by atoms with E-state index in [0.717, 1.165) is 0 Å². The Morgan fingerprint density at radius 3 is 2.58 bits per heavy atom. The number of aromatic nitrogens is 2. The van der Waals surface area contributed by atoms with Gasteiger partial charge in [-0.15, -0.1) is 0 Å². The lowest BCUT2D eigenvalue weighted by atomic mass is 10.1. The third kappa shape index (κ3) is 7.46. The van der Waals surface area contributed by atoms with E-state index in [-0.39, 0.29) is 25.0 Å². The molecule has 1 saturated heterocycles. The van der Waals surface area contributed by atoms with Crippen molar-refractivity contribution < 1.29 is 29.1 Å². The number of carboxylic acid groups (broad SMARTS) is 1. The zero-order valence-corrected chi connectivity index (χ0v) is 18.8. The van der Waals surface area contributed by atoms with E-state index in [0.29, 0.717) is 25.1 Å². The Labute approximate surface area is 195 Å². The smallest absolute Gasteiger partial charge is 0.326 e. The lowest BCUT2D eigenvalue weighted by Gasteiger charge is -2.28. The second-order valence-electron chi connectivity index (χ2n) is 7.73. The number of hydrogen-bond acceptors (Lipinski definition) is 8. The van der Waals surface area contributed by atoms with Crippen LogP contribution in [-0.2, 0) is 30.4 Å². The molecule has 0 aromatic carbocycles. The van der Waals surface area contributed by atoms with Gasteiger partial charge in [-0.05, 0) is 19.3 Å². The Kier molecular flexibility index (Phi) is 9.66. The summed E-state index contributed by atoms with van der Waals surface area (Å²) in [6.07, 6.45) is 3.83. The van der Waals surface area contributed by atoms with Gasteiger partial charge in [-0.25, -0.2) is 9.78 Å². The first-order chi connectivity index (χ1) is 15.6. The lowest BCUT2D eigenvalue weighted by Crippen LogP contribution is -2.57. The summed E-state index contributed by atoms with van der Waals surface area (Å²) < 4.78 is 0. The molecule has 1 aliphatic rings. The van der Waals surface area contributed by atoms with E-state index in [1.807, 2.05) is 0 Å². The van der Waals surface area contributed by atoms with Gasteiger partial charge in [0.15, 0.2) is 0 Å². The number of thiol groups is 1. The van der Waals surface area contributed by atoms with Gasteiger partial charge in [-0.1, -0.05) is 0 Å². The molecule has 13 nitrogen and oxygen atoms in total. The first-order valence-corrected chi connectivity index (χ1v) is 11.0. The molecule has 2 rings (SSSR count). The van der Waals surface area contributed by atoms with Crippen LogP contribution in [0.25, 0.3) is 0 Å². The van der Waals surface area contributed by atoms with E-state index in [1.165, 1.54) is 11.2 Å². The van der Waals surface area contributed by atoms with Crippen LogP contribution in [0.3, 0.4) is 0 Å². The monoisotopic (exact) mass is 483 g/mol. The molecule has 1 aliphatic heterocycles. The summed E-state index contributed by atoms with van der Waals surface area (Å²) in [5.41, 5.74) is 11.7. The average molecular weight is 484 g/mol. The molecule has 0 saturated carbocycles. The van der Waals surface area contributed by atoms with Gasteiger partial charge in [0, 0.05) is 37.0 Å². The van der Waals surface area contributed by atoms with Crippen molar-refractivity contribution in [3.63, 3.8) is 0 Å². The molecular weight excluding hydrogens is 454 g/mol. The van der Waals surface area contributed by atoms with Crippen LogP contribution in [0.1, 0.15) is 31.4 Å². The number of aliphatic carboxylic acids is 1. The standard InChI is InChI=1S/C19H29N7O6S/c20-11(6-10-7-22-9-23-10)18(30)26-5-1-2-14(26)17(29)25-13(8-33)16(28)24-12(19(31)32)3-4-15(21)27/h7,9,11-14,33H,1-6,8,20H2,(H2,21,27)(H,22,23)(H,24,28)(H,25,29)(H,31,32). The summed E-state index contributed by atoms with van der Waals surface area (Å²) >= 11 is 4.07. The van der Waals surface area contributed by atoms with Gasteiger partial charge in [0.1, 0.15) is 18.1 Å². The van der Waals surface area contributed by atoms with Crippen LogP contribution >= 0.6 is 12.6 Å². The van der Waals surface area contributed by atoms with Crippen LogP contribution in [-0.4, -0.2) is 86.0 Å². The molecule has 4 unspecified atom stereocenters. The fourth-order valence-electron chi connectivity index (χ4n) is 3.51. The molecule has 4 atom stereocenters. The number of rotatable bonds is 12. The number of hydrogen-bond donors (Lipinski definition) is 7. The van der Waals surface area contributed by atoms with Crippen LogP contribution in [0.5, 0.6) is 0 Å². The van der Waals surface area contributed by atoms with E-state index in [2.05, 4.69) is 33.2 Å². The van der Waals surface area contributed by atoms with Crippen molar-refractivity contribution in [2.45, 2.75) is 56.3 Å². The third-order valence-electron chi connectivity index (χ3n) is 5.26. The first kappa shape index (κ1) is 26.1. The van der Waals surface area contributed by atoms with E-state index < -0.39 is 53.8 Å². The molecule has 4 amide bonds. The number of nitrogens with one attached hydrogen (secondary N) is 3. The van der Waals surface area contributed by atoms with Crippen molar-refractivity contribution in [3.05, 3.63) is 18.2 Å². The second kappa shape index (κ2) is 12.2. The molecule has 2 heterocycles. The van der Waals surface area contributed by atoms with Gasteiger partial charge in [-0.3, -0.25) is 19.2 Å². The molecule has 182 valence electrons. The van der Waals surface area contributed by atoms with Crippen LogP contribution < -0.4 is 22.1 Å². The number of carboxylic acids is 1.